The van der Waals surface area contributed by atoms with E-state index in [1.807, 2.05) is 71.0 Å². The predicted octanol–water partition coefficient (Wildman–Crippen LogP) is 4.97. The zero-order valence-electron chi connectivity index (χ0n) is 19.6. The SMILES string of the molecule is CC(C)CC(/C=C\c1ccccc1)[C@H](C(=O)OC(C)(C)C)[C@@H](CC(C)C)C(=O)NN. The third kappa shape index (κ3) is 9.12. The van der Waals surface area contributed by atoms with Crippen LogP contribution >= 0.6 is 0 Å². The number of benzene rings is 1. The topological polar surface area (TPSA) is 81.4 Å². The lowest BCUT2D eigenvalue weighted by Crippen LogP contribution is -2.46. The summed E-state index contributed by atoms with van der Waals surface area (Å²) in [4.78, 5) is 26.1. The first-order valence-electron chi connectivity index (χ1n) is 10.9. The maximum atomic E-state index is 13.4. The minimum absolute atomic E-state index is 0.152. The van der Waals surface area contributed by atoms with Crippen molar-refractivity contribution < 1.29 is 14.3 Å². The molecule has 3 N–H and O–H groups in total. The summed E-state index contributed by atoms with van der Waals surface area (Å²) >= 11 is 0. The van der Waals surface area contributed by atoms with Gasteiger partial charge in [-0.25, -0.2) is 5.84 Å². The molecule has 0 heterocycles. The van der Waals surface area contributed by atoms with Crippen LogP contribution in [0.15, 0.2) is 36.4 Å². The first-order chi connectivity index (χ1) is 13.9. The number of hydrogen-bond acceptors (Lipinski definition) is 4. The fourth-order valence-corrected chi connectivity index (χ4v) is 3.73. The quantitative estimate of drug-likeness (QED) is 0.244. The Bertz CT molecular complexity index is 690. The molecule has 0 saturated carbocycles. The van der Waals surface area contributed by atoms with E-state index < -0.39 is 17.4 Å². The summed E-state index contributed by atoms with van der Waals surface area (Å²) < 4.78 is 5.78. The van der Waals surface area contributed by atoms with Gasteiger partial charge in [0.25, 0.3) is 0 Å². The largest absolute Gasteiger partial charge is 0.460 e. The second-order valence-electron chi connectivity index (χ2n) is 9.87. The zero-order valence-corrected chi connectivity index (χ0v) is 19.6. The van der Waals surface area contributed by atoms with Gasteiger partial charge in [0, 0.05) is 0 Å². The van der Waals surface area contributed by atoms with E-state index in [2.05, 4.69) is 25.3 Å². The smallest absolute Gasteiger partial charge is 0.310 e. The molecule has 0 bridgehead atoms. The highest BCUT2D eigenvalue weighted by atomic mass is 16.6. The van der Waals surface area contributed by atoms with Gasteiger partial charge >= 0.3 is 5.97 Å². The standard InChI is InChI=1S/C25H40N2O3/c1-17(2)15-20(14-13-19-11-9-8-10-12-19)22(24(29)30-25(5,6)7)21(16-18(3)4)23(28)27-26/h8-14,17-18,20-22H,15-16,26H2,1-7H3,(H,27,28)/b14-13-/t20?,21-,22+/m1/s1. The monoisotopic (exact) mass is 416 g/mol. The van der Waals surface area contributed by atoms with Gasteiger partial charge in [-0.1, -0.05) is 70.2 Å². The maximum absolute atomic E-state index is 13.4. The third-order valence-electron chi connectivity index (χ3n) is 4.86. The maximum Gasteiger partial charge on any atom is 0.310 e. The van der Waals surface area contributed by atoms with Crippen molar-refractivity contribution in [1.82, 2.24) is 5.43 Å². The van der Waals surface area contributed by atoms with Crippen molar-refractivity contribution in [3.05, 3.63) is 42.0 Å². The average Bonchev–Trinajstić information content (AvgIpc) is 2.63. The molecular weight excluding hydrogens is 376 g/mol. The van der Waals surface area contributed by atoms with Crippen molar-refractivity contribution in [3.63, 3.8) is 0 Å². The van der Waals surface area contributed by atoms with Crippen LogP contribution in [-0.4, -0.2) is 17.5 Å². The van der Waals surface area contributed by atoms with Crippen LogP contribution in [0.5, 0.6) is 0 Å². The van der Waals surface area contributed by atoms with Crippen molar-refractivity contribution >= 4 is 18.0 Å². The van der Waals surface area contributed by atoms with Crippen LogP contribution in [0.2, 0.25) is 0 Å². The summed E-state index contributed by atoms with van der Waals surface area (Å²) in [6, 6.07) is 9.96. The molecule has 0 fully saturated rings. The minimum Gasteiger partial charge on any atom is -0.460 e. The number of carbonyl (C=O) groups excluding carboxylic acids is 2. The molecule has 0 aliphatic carbocycles. The Hall–Kier alpha value is -2.14. The van der Waals surface area contributed by atoms with E-state index in [9.17, 15) is 9.59 Å². The summed E-state index contributed by atoms with van der Waals surface area (Å²) in [7, 11) is 0. The van der Waals surface area contributed by atoms with E-state index in [0.717, 1.165) is 12.0 Å². The Morgan fingerprint density at radius 2 is 1.60 bits per heavy atom. The Labute approximate surface area is 182 Å². The lowest BCUT2D eigenvalue weighted by molar-refractivity contribution is -0.166. The molecule has 1 unspecified atom stereocenters. The van der Waals surface area contributed by atoms with Crippen molar-refractivity contribution in [2.45, 2.75) is 66.9 Å². The summed E-state index contributed by atoms with van der Waals surface area (Å²) in [6.45, 7) is 13.9. The van der Waals surface area contributed by atoms with Gasteiger partial charge in [-0.15, -0.1) is 0 Å². The van der Waals surface area contributed by atoms with E-state index in [-0.39, 0.29) is 23.7 Å². The van der Waals surface area contributed by atoms with Gasteiger partial charge in [0.1, 0.15) is 5.60 Å². The number of amides is 1. The number of nitrogens with two attached hydrogens (primary N) is 1. The van der Waals surface area contributed by atoms with Crippen LogP contribution in [0.3, 0.4) is 0 Å². The molecule has 0 aliphatic rings. The number of nitrogens with one attached hydrogen (secondary N) is 1. The van der Waals surface area contributed by atoms with Crippen molar-refractivity contribution in [1.29, 1.82) is 0 Å². The van der Waals surface area contributed by atoms with Crippen LogP contribution in [0.4, 0.5) is 0 Å². The van der Waals surface area contributed by atoms with Crippen LogP contribution in [0.25, 0.3) is 6.08 Å². The van der Waals surface area contributed by atoms with Gasteiger partial charge in [-0.3, -0.25) is 15.0 Å². The van der Waals surface area contributed by atoms with E-state index in [1.54, 1.807) is 0 Å². The Morgan fingerprint density at radius 3 is 2.07 bits per heavy atom. The van der Waals surface area contributed by atoms with Gasteiger partial charge in [-0.05, 0) is 56.9 Å². The predicted molar refractivity (Wildman–Crippen MR) is 123 cm³/mol. The molecule has 168 valence electrons. The van der Waals surface area contributed by atoms with Gasteiger partial charge in [0.15, 0.2) is 0 Å². The fourth-order valence-electron chi connectivity index (χ4n) is 3.73. The highest BCUT2D eigenvalue weighted by Crippen LogP contribution is 2.35. The summed E-state index contributed by atoms with van der Waals surface area (Å²) in [6.07, 6.45) is 5.40. The van der Waals surface area contributed by atoms with E-state index >= 15 is 0 Å². The molecule has 5 nitrogen and oxygen atoms in total. The molecule has 0 spiro atoms. The molecule has 0 saturated heterocycles. The first-order valence-corrected chi connectivity index (χ1v) is 10.9. The van der Waals surface area contributed by atoms with E-state index in [4.69, 9.17) is 10.6 Å². The number of carbonyl (C=O) groups is 2. The Kier molecular flexibility index (Phi) is 10.3. The second kappa shape index (κ2) is 11.9. The second-order valence-corrected chi connectivity index (χ2v) is 9.87. The first kappa shape index (κ1) is 25.9. The molecule has 1 amide bonds. The van der Waals surface area contributed by atoms with Crippen molar-refractivity contribution in [2.75, 3.05) is 0 Å². The van der Waals surface area contributed by atoms with Crippen LogP contribution in [0.1, 0.15) is 66.9 Å². The molecule has 0 aliphatic heterocycles. The molecular formula is C25H40N2O3. The van der Waals surface area contributed by atoms with Crippen LogP contribution in [-0.2, 0) is 14.3 Å². The zero-order chi connectivity index (χ0) is 22.9. The minimum atomic E-state index is -0.636. The number of allylic oxidation sites excluding steroid dienone is 1. The number of hydrazine groups is 1. The van der Waals surface area contributed by atoms with Crippen molar-refractivity contribution in [2.24, 2.45) is 35.4 Å². The van der Waals surface area contributed by atoms with Crippen LogP contribution in [0, 0.1) is 29.6 Å². The Morgan fingerprint density at radius 1 is 1.03 bits per heavy atom. The lowest BCUT2D eigenvalue weighted by atomic mass is 9.74. The summed E-state index contributed by atoms with van der Waals surface area (Å²) in [5.74, 6) is 4.10. The number of esters is 1. The lowest BCUT2D eigenvalue weighted by Gasteiger charge is -2.33. The molecule has 1 aromatic carbocycles. The van der Waals surface area contributed by atoms with Gasteiger partial charge < -0.3 is 4.74 Å². The molecule has 3 atom stereocenters. The summed E-state index contributed by atoms with van der Waals surface area (Å²) in [5, 5.41) is 0. The normalized spacial score (nSPS) is 15.3. The van der Waals surface area contributed by atoms with Crippen molar-refractivity contribution in [3.8, 4) is 0 Å². The number of hydrogen-bond donors (Lipinski definition) is 2. The van der Waals surface area contributed by atoms with Gasteiger partial charge in [-0.2, -0.15) is 0 Å². The molecule has 30 heavy (non-hydrogen) atoms. The van der Waals surface area contributed by atoms with E-state index in [0.29, 0.717) is 12.3 Å². The van der Waals surface area contributed by atoms with E-state index in [1.165, 1.54) is 0 Å². The van der Waals surface area contributed by atoms with Gasteiger partial charge in [0.2, 0.25) is 5.91 Å². The molecule has 0 aromatic heterocycles. The fraction of sp³-hybridized carbons (Fsp3) is 0.600. The molecule has 1 aromatic rings. The average molecular weight is 417 g/mol. The molecule has 5 heteroatoms. The Balaban J connectivity index is 3.43. The van der Waals surface area contributed by atoms with Crippen LogP contribution < -0.4 is 11.3 Å². The number of rotatable bonds is 10. The molecule has 1 rings (SSSR count). The highest BCUT2D eigenvalue weighted by molar-refractivity contribution is 5.85. The van der Waals surface area contributed by atoms with Gasteiger partial charge in [0.05, 0.1) is 11.8 Å². The third-order valence-corrected chi connectivity index (χ3v) is 4.86. The summed E-state index contributed by atoms with van der Waals surface area (Å²) in [5.41, 5.74) is 2.70. The number of ether oxygens (including phenoxy) is 1. The highest BCUT2D eigenvalue weighted by Gasteiger charge is 2.41. The molecule has 0 radical (unpaired) electrons.